The first kappa shape index (κ1) is 21.2. The fraction of sp³-hybridized carbons (Fsp3) is 0.167. The van der Waals surface area contributed by atoms with Gasteiger partial charge >= 0.3 is 0 Å². The number of H-pyrrole nitrogens is 1. The van der Waals surface area contributed by atoms with E-state index < -0.39 is 0 Å². The second-order valence-electron chi connectivity index (χ2n) is 7.45. The number of hydrogen-bond donors (Lipinski definition) is 2. The molecule has 0 radical (unpaired) electrons. The van der Waals surface area contributed by atoms with Gasteiger partial charge in [0.15, 0.2) is 11.5 Å². The number of aromatic nitrogens is 5. The van der Waals surface area contributed by atoms with E-state index in [1.54, 1.807) is 10.6 Å². The summed E-state index contributed by atoms with van der Waals surface area (Å²) in [5.41, 5.74) is 9.53. The smallest absolute Gasteiger partial charge is 0.263 e. The molecule has 5 aromatic rings. The van der Waals surface area contributed by atoms with E-state index in [4.69, 9.17) is 5.73 Å². The van der Waals surface area contributed by atoms with Crippen LogP contribution in [0.2, 0.25) is 0 Å². The number of fused-ring (bicyclic) bond motifs is 2. The maximum absolute atomic E-state index is 13.5. The number of imidazole rings is 1. The number of hydrogen-bond acceptors (Lipinski definition) is 5. The summed E-state index contributed by atoms with van der Waals surface area (Å²) in [6, 6.07) is 14.2. The molecule has 32 heavy (non-hydrogen) atoms. The third-order valence-corrected chi connectivity index (χ3v) is 5.11. The minimum atomic E-state index is -0.386. The van der Waals surface area contributed by atoms with E-state index in [1.807, 2.05) is 37.3 Å². The second-order valence-corrected chi connectivity index (χ2v) is 7.45. The fourth-order valence-corrected chi connectivity index (χ4v) is 3.54. The van der Waals surface area contributed by atoms with Crippen LogP contribution in [-0.2, 0) is 6.42 Å². The van der Waals surface area contributed by atoms with E-state index in [9.17, 15) is 9.18 Å². The molecular weight excluding hydrogens is 407 g/mol. The van der Waals surface area contributed by atoms with Crippen LogP contribution in [0.5, 0.6) is 0 Å². The summed E-state index contributed by atoms with van der Waals surface area (Å²) in [5, 5.41) is 1.21. The highest BCUT2D eigenvalue weighted by molar-refractivity contribution is 5.82. The molecule has 2 aromatic carbocycles. The summed E-state index contributed by atoms with van der Waals surface area (Å²) in [4.78, 5) is 27.2. The molecule has 162 valence electrons. The van der Waals surface area contributed by atoms with Gasteiger partial charge in [-0.25, -0.2) is 19.3 Å². The normalized spacial score (nSPS) is 10.8. The molecule has 8 heteroatoms. The molecule has 3 aromatic heterocycles. The van der Waals surface area contributed by atoms with Crippen LogP contribution < -0.4 is 11.3 Å². The number of nitrogen functional groups attached to an aromatic ring is 1. The lowest BCUT2D eigenvalue weighted by atomic mass is 10.1. The fourth-order valence-electron chi connectivity index (χ4n) is 3.54. The van der Waals surface area contributed by atoms with Gasteiger partial charge in [0, 0.05) is 11.4 Å². The van der Waals surface area contributed by atoms with Crippen LogP contribution in [0.1, 0.15) is 24.6 Å². The zero-order valence-corrected chi connectivity index (χ0v) is 17.8. The number of benzene rings is 2. The van der Waals surface area contributed by atoms with Crippen molar-refractivity contribution in [1.82, 2.24) is 24.5 Å². The summed E-state index contributed by atoms with van der Waals surface area (Å²) in [6.07, 6.45) is 4.67. The Balaban J connectivity index is 0.000000203. The minimum absolute atomic E-state index is 0.163. The van der Waals surface area contributed by atoms with Gasteiger partial charge in [0.2, 0.25) is 0 Å². The van der Waals surface area contributed by atoms with Crippen molar-refractivity contribution in [2.24, 2.45) is 0 Å². The average molecular weight is 430 g/mol. The molecule has 0 aliphatic carbocycles. The number of anilines is 1. The lowest BCUT2D eigenvalue weighted by Gasteiger charge is -2.14. The molecule has 0 fully saturated rings. The van der Waals surface area contributed by atoms with Gasteiger partial charge in [0.05, 0.1) is 11.7 Å². The van der Waals surface area contributed by atoms with Gasteiger partial charge in [-0.15, -0.1) is 0 Å². The molecule has 7 nitrogen and oxygen atoms in total. The molecule has 0 spiro atoms. The Labute approximate surface area is 183 Å². The van der Waals surface area contributed by atoms with Crippen LogP contribution in [0.15, 0.2) is 66.0 Å². The van der Waals surface area contributed by atoms with Crippen molar-refractivity contribution in [2.75, 3.05) is 5.73 Å². The largest absolute Gasteiger partial charge is 0.382 e. The SMILES string of the molecule is CCCc1cc2ccc(F)cc2c(=O)n1-c1ccc(C)cc1.Nc1ncnc2nc[nH]c12. The second kappa shape index (κ2) is 8.97. The van der Waals surface area contributed by atoms with Gasteiger partial charge in [-0.05, 0) is 49.1 Å². The van der Waals surface area contributed by atoms with Crippen molar-refractivity contribution in [2.45, 2.75) is 26.7 Å². The average Bonchev–Trinajstić information content (AvgIpc) is 3.27. The van der Waals surface area contributed by atoms with Gasteiger partial charge in [0.25, 0.3) is 5.56 Å². The Bertz CT molecular complexity index is 1440. The Morgan fingerprint density at radius 2 is 1.84 bits per heavy atom. The van der Waals surface area contributed by atoms with E-state index >= 15 is 0 Å². The number of aryl methyl sites for hydroxylation is 2. The summed E-state index contributed by atoms with van der Waals surface area (Å²) >= 11 is 0. The first-order chi connectivity index (χ1) is 15.5. The lowest BCUT2D eigenvalue weighted by Crippen LogP contribution is -2.22. The van der Waals surface area contributed by atoms with Crippen molar-refractivity contribution in [3.8, 4) is 5.69 Å². The van der Waals surface area contributed by atoms with E-state index in [-0.39, 0.29) is 11.4 Å². The van der Waals surface area contributed by atoms with Crippen molar-refractivity contribution >= 4 is 27.8 Å². The number of rotatable bonds is 3. The molecule has 0 unspecified atom stereocenters. The first-order valence-corrected chi connectivity index (χ1v) is 10.3. The molecule has 0 saturated carbocycles. The molecule has 0 bridgehead atoms. The van der Waals surface area contributed by atoms with Gasteiger partial charge < -0.3 is 10.7 Å². The number of nitrogens with two attached hydrogens (primary N) is 1. The predicted octanol–water partition coefficient (Wildman–Crippen LogP) is 4.33. The number of nitrogens with zero attached hydrogens (tertiary/aromatic N) is 4. The third kappa shape index (κ3) is 4.20. The molecule has 0 aliphatic rings. The molecule has 0 amide bonds. The first-order valence-electron chi connectivity index (χ1n) is 10.3. The molecule has 0 aliphatic heterocycles. The van der Waals surface area contributed by atoms with E-state index in [2.05, 4.69) is 26.9 Å². The Morgan fingerprint density at radius 3 is 2.56 bits per heavy atom. The minimum Gasteiger partial charge on any atom is -0.382 e. The standard InChI is InChI=1S/C19H18FNO.C5H5N5/c1-3-4-17-11-14-7-8-15(20)12-18(14)19(22)21(17)16-9-5-13(2)6-10-16;6-4-3-5(9-1-7-3)10-2-8-4/h5-12H,3-4H2,1-2H3;1-2H,(H3,6,7,8,9,10). The molecule has 5 rings (SSSR count). The van der Waals surface area contributed by atoms with Crippen molar-refractivity contribution in [3.63, 3.8) is 0 Å². The molecule has 0 atom stereocenters. The Hall–Kier alpha value is -4.07. The Morgan fingerprint density at radius 1 is 1.06 bits per heavy atom. The number of aromatic amines is 1. The Kier molecular flexibility index (Phi) is 5.93. The summed E-state index contributed by atoms with van der Waals surface area (Å²) in [5.74, 6) is 0.0470. The summed E-state index contributed by atoms with van der Waals surface area (Å²) < 4.78 is 15.2. The monoisotopic (exact) mass is 430 g/mol. The van der Waals surface area contributed by atoms with Crippen LogP contribution in [-0.4, -0.2) is 24.5 Å². The predicted molar refractivity (Wildman–Crippen MR) is 124 cm³/mol. The number of pyridine rings is 1. The summed E-state index contributed by atoms with van der Waals surface area (Å²) in [7, 11) is 0. The van der Waals surface area contributed by atoms with Crippen molar-refractivity contribution in [1.29, 1.82) is 0 Å². The third-order valence-electron chi connectivity index (χ3n) is 5.11. The number of nitrogens with one attached hydrogen (secondary N) is 1. The van der Waals surface area contributed by atoms with Gasteiger partial charge in [0.1, 0.15) is 17.7 Å². The van der Waals surface area contributed by atoms with Crippen LogP contribution in [0.25, 0.3) is 27.6 Å². The van der Waals surface area contributed by atoms with Crippen molar-refractivity contribution in [3.05, 3.63) is 88.6 Å². The van der Waals surface area contributed by atoms with Gasteiger partial charge in [-0.1, -0.05) is 37.1 Å². The lowest BCUT2D eigenvalue weighted by molar-refractivity contribution is 0.629. The highest BCUT2D eigenvalue weighted by Gasteiger charge is 2.11. The van der Waals surface area contributed by atoms with Crippen molar-refractivity contribution < 1.29 is 4.39 Å². The quantitative estimate of drug-likeness (QED) is 0.444. The molecule has 0 saturated heterocycles. The zero-order chi connectivity index (χ0) is 22.7. The van der Waals surface area contributed by atoms with Crippen LogP contribution >= 0.6 is 0 Å². The topological polar surface area (TPSA) is 102 Å². The van der Waals surface area contributed by atoms with E-state index in [1.165, 1.54) is 24.8 Å². The van der Waals surface area contributed by atoms with Crippen LogP contribution in [0, 0.1) is 12.7 Å². The van der Waals surface area contributed by atoms with E-state index in [0.717, 1.165) is 35.2 Å². The zero-order valence-electron chi connectivity index (χ0n) is 17.8. The highest BCUT2D eigenvalue weighted by Crippen LogP contribution is 2.19. The van der Waals surface area contributed by atoms with E-state index in [0.29, 0.717) is 22.4 Å². The summed E-state index contributed by atoms with van der Waals surface area (Å²) in [6.45, 7) is 4.09. The van der Waals surface area contributed by atoms with Gasteiger partial charge in [-0.3, -0.25) is 9.36 Å². The number of halogens is 1. The maximum Gasteiger partial charge on any atom is 0.263 e. The maximum atomic E-state index is 13.5. The molecular formula is C24H23FN6O. The van der Waals surface area contributed by atoms with Crippen LogP contribution in [0.4, 0.5) is 10.2 Å². The van der Waals surface area contributed by atoms with Gasteiger partial charge in [-0.2, -0.15) is 0 Å². The highest BCUT2D eigenvalue weighted by atomic mass is 19.1. The molecule has 3 heterocycles. The van der Waals surface area contributed by atoms with Crippen LogP contribution in [0.3, 0.4) is 0 Å². The molecule has 3 N–H and O–H groups in total.